The Kier molecular flexibility index (Phi) is 7.82. The molecule has 2 saturated heterocycles. The summed E-state index contributed by atoms with van der Waals surface area (Å²) in [7, 11) is -0.545. The Labute approximate surface area is 244 Å². The average Bonchev–Trinajstić information content (AvgIpc) is 3.18. The maximum atomic E-state index is 15.0. The molecule has 2 aromatic carbocycles. The summed E-state index contributed by atoms with van der Waals surface area (Å²) in [5.41, 5.74) is 0.00396. The van der Waals surface area contributed by atoms with Crippen molar-refractivity contribution in [2.24, 2.45) is 0 Å². The lowest BCUT2D eigenvalue weighted by Crippen LogP contribution is -2.51. The highest BCUT2D eigenvalue weighted by Gasteiger charge is 2.45. The number of aromatic nitrogens is 2. The Bertz CT molecular complexity index is 1610. The monoisotopic (exact) mass is 601 g/mol. The van der Waals surface area contributed by atoms with Crippen molar-refractivity contribution < 1.29 is 31.8 Å². The summed E-state index contributed by atoms with van der Waals surface area (Å²) in [6.45, 7) is 5.58. The van der Waals surface area contributed by atoms with Crippen LogP contribution in [0.5, 0.6) is 11.5 Å². The highest BCUT2D eigenvalue weighted by molar-refractivity contribution is 7.90. The molecular weight excluding hydrogens is 565 g/mol. The number of amides is 1. The van der Waals surface area contributed by atoms with Gasteiger partial charge in [-0.3, -0.25) is 0 Å². The minimum absolute atomic E-state index is 0.00240. The van der Waals surface area contributed by atoms with Gasteiger partial charge in [-0.15, -0.1) is 0 Å². The van der Waals surface area contributed by atoms with Crippen LogP contribution in [0.4, 0.5) is 26.6 Å². The summed E-state index contributed by atoms with van der Waals surface area (Å²) in [4.78, 5) is 24.0. The Morgan fingerprint density at radius 2 is 1.67 bits per heavy atom. The second kappa shape index (κ2) is 11.1. The van der Waals surface area contributed by atoms with Crippen LogP contribution in [0.2, 0.25) is 0 Å². The second-order valence-electron chi connectivity index (χ2n) is 11.7. The maximum absolute atomic E-state index is 15.0. The van der Waals surface area contributed by atoms with Crippen LogP contribution in [-0.2, 0) is 14.6 Å². The highest BCUT2D eigenvalue weighted by Crippen LogP contribution is 2.39. The van der Waals surface area contributed by atoms with Crippen LogP contribution in [0, 0.1) is 5.82 Å². The van der Waals surface area contributed by atoms with Gasteiger partial charge in [-0.1, -0.05) is 0 Å². The van der Waals surface area contributed by atoms with Crippen molar-refractivity contribution in [2.45, 2.75) is 75.1 Å². The number of rotatable bonds is 7. The molecule has 11 nitrogen and oxygen atoms in total. The van der Waals surface area contributed by atoms with E-state index in [0.717, 1.165) is 25.2 Å². The first kappa shape index (κ1) is 29.6. The van der Waals surface area contributed by atoms with Gasteiger partial charge in [-0.2, -0.15) is 4.98 Å². The molecule has 0 spiro atoms. The summed E-state index contributed by atoms with van der Waals surface area (Å²) < 4.78 is 55.4. The van der Waals surface area contributed by atoms with Gasteiger partial charge in [0.2, 0.25) is 5.95 Å². The van der Waals surface area contributed by atoms with Crippen molar-refractivity contribution in [3.8, 4) is 11.5 Å². The van der Waals surface area contributed by atoms with E-state index < -0.39 is 21.3 Å². The molecule has 3 atom stereocenters. The summed E-state index contributed by atoms with van der Waals surface area (Å²) in [6, 6.07) is 7.16. The van der Waals surface area contributed by atoms with E-state index in [1.165, 1.54) is 26.4 Å². The summed E-state index contributed by atoms with van der Waals surface area (Å²) in [5, 5.41) is 6.98. The van der Waals surface area contributed by atoms with Crippen LogP contribution >= 0.6 is 0 Å². The molecule has 0 saturated carbocycles. The Morgan fingerprint density at radius 1 is 1.02 bits per heavy atom. The zero-order valence-corrected chi connectivity index (χ0v) is 25.3. The lowest BCUT2D eigenvalue weighted by atomic mass is 9.98. The Hall–Kier alpha value is -3.87. The average molecular weight is 602 g/mol. The molecule has 42 heavy (non-hydrogen) atoms. The minimum Gasteiger partial charge on any atom is -0.493 e. The van der Waals surface area contributed by atoms with E-state index in [0.29, 0.717) is 47.0 Å². The third-order valence-corrected chi connectivity index (χ3v) is 8.60. The molecule has 1 amide bonds. The molecule has 226 valence electrons. The Balaban J connectivity index is 1.46. The van der Waals surface area contributed by atoms with Crippen LogP contribution < -0.4 is 20.1 Å². The number of methoxy groups -OCH3 is 2. The third kappa shape index (κ3) is 6.15. The van der Waals surface area contributed by atoms with Gasteiger partial charge in [-0.05, 0) is 70.7 Å². The van der Waals surface area contributed by atoms with E-state index in [1.807, 2.05) is 25.7 Å². The molecule has 2 aliphatic rings. The van der Waals surface area contributed by atoms with Gasteiger partial charge < -0.3 is 29.7 Å². The number of sulfone groups is 1. The lowest BCUT2D eigenvalue weighted by Gasteiger charge is -2.39. The number of carbonyl (C=O) groups is 1. The Morgan fingerprint density at radius 3 is 2.24 bits per heavy atom. The zero-order valence-electron chi connectivity index (χ0n) is 24.5. The number of fused-ring (bicyclic) bond motifs is 3. The molecule has 3 aromatic rings. The summed E-state index contributed by atoms with van der Waals surface area (Å²) in [5.74, 6) is 0.777. The lowest BCUT2D eigenvalue weighted by molar-refractivity contribution is 0.00681. The zero-order chi connectivity index (χ0) is 30.4. The van der Waals surface area contributed by atoms with Gasteiger partial charge in [0.05, 0.1) is 30.3 Å². The molecule has 5 rings (SSSR count). The molecule has 13 heteroatoms. The largest absolute Gasteiger partial charge is 0.493 e. The fraction of sp³-hybridized carbons (Fsp3) is 0.483. The molecule has 2 aliphatic heterocycles. The number of hydrogen-bond donors (Lipinski definition) is 2. The third-order valence-electron chi connectivity index (χ3n) is 7.49. The quantitative estimate of drug-likeness (QED) is 0.369. The molecule has 1 unspecified atom stereocenters. The van der Waals surface area contributed by atoms with E-state index in [4.69, 9.17) is 19.2 Å². The van der Waals surface area contributed by atoms with E-state index in [9.17, 15) is 13.2 Å². The van der Waals surface area contributed by atoms with Crippen molar-refractivity contribution in [1.29, 1.82) is 0 Å². The van der Waals surface area contributed by atoms with Crippen molar-refractivity contribution >= 4 is 44.3 Å². The van der Waals surface area contributed by atoms with E-state index in [1.54, 1.807) is 12.1 Å². The van der Waals surface area contributed by atoms with E-state index in [-0.39, 0.29) is 34.8 Å². The first-order chi connectivity index (χ1) is 19.8. The number of hydrogen-bond acceptors (Lipinski definition) is 10. The van der Waals surface area contributed by atoms with Crippen LogP contribution in [0.1, 0.15) is 46.5 Å². The molecule has 0 aliphatic carbocycles. The van der Waals surface area contributed by atoms with Crippen LogP contribution in [0.25, 0.3) is 10.9 Å². The van der Waals surface area contributed by atoms with Crippen LogP contribution in [0.15, 0.2) is 35.2 Å². The van der Waals surface area contributed by atoms with Gasteiger partial charge in [0.1, 0.15) is 17.2 Å². The van der Waals surface area contributed by atoms with Crippen molar-refractivity contribution in [3.05, 3.63) is 36.1 Å². The number of halogens is 1. The molecule has 2 N–H and O–H groups in total. The van der Waals surface area contributed by atoms with Gasteiger partial charge in [0, 0.05) is 35.8 Å². The second-order valence-corrected chi connectivity index (χ2v) is 13.8. The number of nitrogens with one attached hydrogen (secondary N) is 2. The van der Waals surface area contributed by atoms with Crippen LogP contribution in [0.3, 0.4) is 0 Å². The van der Waals surface area contributed by atoms with Crippen molar-refractivity contribution in [2.75, 3.05) is 31.1 Å². The predicted molar refractivity (Wildman–Crippen MR) is 157 cm³/mol. The SMILES string of the molecule is COc1cc2nc(NC3C[C@H]4CC[C@@H](C3)N4C(=O)OC(C)(C)C)nc(Nc3ccc(S(C)(=O)=O)cc3F)c2cc1OC. The van der Waals surface area contributed by atoms with Crippen molar-refractivity contribution in [1.82, 2.24) is 14.9 Å². The molecule has 3 heterocycles. The maximum Gasteiger partial charge on any atom is 0.410 e. The number of anilines is 3. The summed E-state index contributed by atoms with van der Waals surface area (Å²) >= 11 is 0. The topological polar surface area (TPSA) is 132 Å². The van der Waals surface area contributed by atoms with Gasteiger partial charge in [-0.25, -0.2) is 22.6 Å². The van der Waals surface area contributed by atoms with Crippen LogP contribution in [-0.4, -0.2) is 73.6 Å². The number of ether oxygens (including phenoxy) is 3. The van der Waals surface area contributed by atoms with Gasteiger partial charge in [0.25, 0.3) is 0 Å². The van der Waals surface area contributed by atoms with E-state index in [2.05, 4.69) is 15.6 Å². The fourth-order valence-electron chi connectivity index (χ4n) is 5.66. The normalized spacial score (nSPS) is 20.4. The van der Waals surface area contributed by atoms with E-state index >= 15 is 4.39 Å². The van der Waals surface area contributed by atoms with Gasteiger partial charge in [0.15, 0.2) is 21.3 Å². The number of benzene rings is 2. The number of nitrogens with zero attached hydrogens (tertiary/aromatic N) is 3. The standard InChI is InChI=1S/C29H36FN5O6S/c1-29(2,3)41-28(36)35-17-7-8-18(35)12-16(11-17)31-27-33-23-15-25(40-5)24(39-4)14-20(23)26(34-27)32-22-10-9-19(13-21(22)30)42(6,37)38/h9-10,13-18H,7-8,11-12H2,1-6H3,(H2,31,32,33,34)/t16?,17-,18+. The molecular formula is C29H36FN5O6S. The minimum atomic E-state index is -3.58. The van der Waals surface area contributed by atoms with Crippen molar-refractivity contribution in [3.63, 3.8) is 0 Å². The summed E-state index contributed by atoms with van der Waals surface area (Å²) in [6.07, 6.45) is 3.93. The number of carbonyl (C=O) groups excluding carboxylic acids is 1. The molecule has 2 bridgehead atoms. The first-order valence-electron chi connectivity index (χ1n) is 13.7. The molecule has 0 radical (unpaired) electrons. The highest BCUT2D eigenvalue weighted by atomic mass is 32.2. The molecule has 1 aromatic heterocycles. The van der Waals surface area contributed by atoms with Gasteiger partial charge >= 0.3 is 6.09 Å². The molecule has 2 fully saturated rings. The predicted octanol–water partition coefficient (Wildman–Crippen LogP) is 5.28. The number of piperidine rings is 1. The smallest absolute Gasteiger partial charge is 0.410 e. The first-order valence-corrected chi connectivity index (χ1v) is 15.6. The fourth-order valence-corrected chi connectivity index (χ4v) is 6.29.